The summed E-state index contributed by atoms with van der Waals surface area (Å²) in [6, 6.07) is 14.6. The Kier molecular flexibility index (Phi) is 5.42. The molecule has 1 aromatic heterocycles. The van der Waals surface area contributed by atoms with Gasteiger partial charge in [-0.3, -0.25) is 4.79 Å². The lowest BCUT2D eigenvalue weighted by molar-refractivity contribution is 0.0688. The van der Waals surface area contributed by atoms with Crippen molar-refractivity contribution >= 4 is 18.1 Å². The lowest BCUT2D eigenvalue weighted by atomic mass is 10.1. The van der Waals surface area contributed by atoms with Gasteiger partial charge in [0.25, 0.3) is 5.56 Å². The van der Waals surface area contributed by atoms with Crippen LogP contribution in [0.5, 0.6) is 0 Å². The molecule has 0 spiro atoms. The van der Waals surface area contributed by atoms with Crippen LogP contribution in [-0.2, 0) is 0 Å². The molecule has 0 aliphatic rings. The zero-order valence-electron chi connectivity index (χ0n) is 16.3. The Morgan fingerprint density at radius 3 is 2.34 bits per heavy atom. The van der Waals surface area contributed by atoms with Crippen LogP contribution in [0.25, 0.3) is 17.8 Å². The van der Waals surface area contributed by atoms with Crippen LogP contribution < -0.4 is 5.56 Å². The van der Waals surface area contributed by atoms with Crippen molar-refractivity contribution in [2.24, 2.45) is 0 Å². The van der Waals surface area contributed by atoms with Gasteiger partial charge in [-0.2, -0.15) is 15.0 Å². The van der Waals surface area contributed by atoms with Crippen molar-refractivity contribution in [1.82, 2.24) is 9.78 Å². The Balaban J connectivity index is 2.21. The van der Waals surface area contributed by atoms with Gasteiger partial charge >= 0.3 is 5.97 Å². The van der Waals surface area contributed by atoms with Gasteiger partial charge in [0.2, 0.25) is 0 Å². The van der Waals surface area contributed by atoms with Crippen LogP contribution in [0.1, 0.15) is 43.9 Å². The molecule has 0 bridgehead atoms. The maximum Gasteiger partial charge on any atom is 0.357 e. The summed E-state index contributed by atoms with van der Waals surface area (Å²) in [4.78, 5) is 24.7. The van der Waals surface area contributed by atoms with Crippen LogP contribution in [0.15, 0.2) is 47.3 Å². The van der Waals surface area contributed by atoms with Gasteiger partial charge in [-0.05, 0) is 49.6 Å². The fourth-order valence-corrected chi connectivity index (χ4v) is 2.86. The lowest BCUT2D eigenvalue weighted by Gasteiger charge is -2.11. The fraction of sp³-hybridized carbons (Fsp3) is 0.130. The number of nitrogens with zero attached hydrogens (tertiary/aromatic N) is 3. The molecule has 6 heteroatoms. The topological polar surface area (TPSA) is 96.0 Å². The zero-order chi connectivity index (χ0) is 21.1. The predicted octanol–water partition coefficient (Wildman–Crippen LogP) is 3.90. The molecule has 0 amide bonds. The predicted molar refractivity (Wildman–Crippen MR) is 111 cm³/mol. The highest BCUT2D eigenvalue weighted by Gasteiger charge is 2.21. The van der Waals surface area contributed by atoms with E-state index in [2.05, 4.69) is 5.10 Å². The monoisotopic (exact) mass is 385 g/mol. The van der Waals surface area contributed by atoms with Crippen LogP contribution in [0, 0.1) is 32.1 Å². The summed E-state index contributed by atoms with van der Waals surface area (Å²) in [7, 11) is 0. The molecule has 3 aromatic rings. The largest absolute Gasteiger partial charge is 0.476 e. The third-order valence-electron chi connectivity index (χ3n) is 4.70. The minimum atomic E-state index is -1.32. The minimum Gasteiger partial charge on any atom is -0.476 e. The van der Waals surface area contributed by atoms with Crippen molar-refractivity contribution in [3.8, 4) is 11.8 Å². The van der Waals surface area contributed by atoms with E-state index in [9.17, 15) is 20.0 Å². The summed E-state index contributed by atoms with van der Waals surface area (Å²) in [5.41, 5.74) is 2.97. The van der Waals surface area contributed by atoms with Gasteiger partial charge < -0.3 is 5.11 Å². The number of benzene rings is 2. The van der Waals surface area contributed by atoms with Crippen LogP contribution in [-0.4, -0.2) is 20.9 Å². The van der Waals surface area contributed by atoms with Crippen molar-refractivity contribution in [3.05, 3.63) is 91.9 Å². The molecule has 144 valence electrons. The van der Waals surface area contributed by atoms with Gasteiger partial charge in [-0.1, -0.05) is 48.0 Å². The third-order valence-corrected chi connectivity index (χ3v) is 4.70. The second kappa shape index (κ2) is 7.95. The van der Waals surface area contributed by atoms with Crippen molar-refractivity contribution < 1.29 is 9.90 Å². The number of carboxylic acid groups (broad SMARTS) is 1. The quantitative estimate of drug-likeness (QED) is 0.735. The summed E-state index contributed by atoms with van der Waals surface area (Å²) < 4.78 is 0.970. The molecule has 0 saturated carbocycles. The fourth-order valence-electron chi connectivity index (χ4n) is 2.86. The highest BCUT2D eigenvalue weighted by atomic mass is 16.4. The van der Waals surface area contributed by atoms with E-state index >= 15 is 0 Å². The first kappa shape index (κ1) is 19.8. The molecular formula is C23H19N3O3. The number of carbonyl (C=O) groups is 1. The molecule has 6 nitrogen and oxygen atoms in total. The molecule has 1 heterocycles. The summed E-state index contributed by atoms with van der Waals surface area (Å²) in [6.45, 7) is 5.77. The van der Waals surface area contributed by atoms with Gasteiger partial charge in [-0.25, -0.2) is 4.79 Å². The van der Waals surface area contributed by atoms with Gasteiger partial charge in [0, 0.05) is 5.56 Å². The zero-order valence-corrected chi connectivity index (χ0v) is 16.3. The van der Waals surface area contributed by atoms with Crippen LogP contribution in [0.2, 0.25) is 0 Å². The normalized spacial score (nSPS) is 10.8. The Hall–Kier alpha value is -3.98. The van der Waals surface area contributed by atoms with E-state index in [1.807, 2.05) is 57.2 Å². The maximum atomic E-state index is 12.9. The van der Waals surface area contributed by atoms with Gasteiger partial charge in [0.1, 0.15) is 11.6 Å². The first-order valence-electron chi connectivity index (χ1n) is 8.95. The summed E-state index contributed by atoms with van der Waals surface area (Å²) >= 11 is 0. The molecular weight excluding hydrogens is 366 g/mol. The summed E-state index contributed by atoms with van der Waals surface area (Å²) in [6.07, 6.45) is 3.11. The number of hydrogen-bond acceptors (Lipinski definition) is 4. The Bertz CT molecular complexity index is 1230. The smallest absolute Gasteiger partial charge is 0.357 e. The second-order valence-electron chi connectivity index (χ2n) is 6.78. The van der Waals surface area contributed by atoms with E-state index in [0.29, 0.717) is 5.69 Å². The number of hydrogen-bond donors (Lipinski definition) is 1. The molecule has 0 radical (unpaired) electrons. The van der Waals surface area contributed by atoms with E-state index in [4.69, 9.17) is 0 Å². The second-order valence-corrected chi connectivity index (χ2v) is 6.78. The van der Waals surface area contributed by atoms with E-state index in [1.165, 1.54) is 6.08 Å². The number of carboxylic acids is 1. The van der Waals surface area contributed by atoms with Crippen molar-refractivity contribution in [2.45, 2.75) is 20.8 Å². The molecule has 29 heavy (non-hydrogen) atoms. The summed E-state index contributed by atoms with van der Waals surface area (Å²) in [5, 5.41) is 23.3. The average Bonchev–Trinajstić information content (AvgIpc) is 2.69. The molecule has 0 aliphatic carbocycles. The Morgan fingerprint density at radius 2 is 1.76 bits per heavy atom. The molecule has 0 saturated heterocycles. The van der Waals surface area contributed by atoms with E-state index < -0.39 is 11.5 Å². The van der Waals surface area contributed by atoms with Crippen molar-refractivity contribution in [1.29, 1.82) is 5.26 Å². The van der Waals surface area contributed by atoms with Crippen LogP contribution in [0.4, 0.5) is 0 Å². The lowest BCUT2D eigenvalue weighted by Crippen LogP contribution is -2.28. The molecule has 3 rings (SSSR count). The van der Waals surface area contributed by atoms with Crippen molar-refractivity contribution in [3.63, 3.8) is 0 Å². The van der Waals surface area contributed by atoms with Crippen molar-refractivity contribution in [2.75, 3.05) is 0 Å². The highest BCUT2D eigenvalue weighted by Crippen LogP contribution is 2.17. The van der Waals surface area contributed by atoms with Crippen LogP contribution in [0.3, 0.4) is 0 Å². The Labute approximate surface area is 168 Å². The van der Waals surface area contributed by atoms with E-state index in [0.717, 1.165) is 26.9 Å². The number of nitriles is 1. The minimum absolute atomic E-state index is 0.00865. The maximum absolute atomic E-state index is 12.9. The molecule has 2 aromatic carbocycles. The number of aryl methyl sites for hydroxylation is 3. The molecule has 0 aliphatic heterocycles. The molecule has 0 fully saturated rings. The van der Waals surface area contributed by atoms with Crippen LogP contribution >= 0.6 is 0 Å². The number of aromatic nitrogens is 2. The molecule has 0 atom stereocenters. The number of rotatable bonds is 4. The first-order valence-corrected chi connectivity index (χ1v) is 8.95. The highest BCUT2D eigenvalue weighted by molar-refractivity contribution is 5.92. The molecule has 0 unspecified atom stereocenters. The first-order chi connectivity index (χ1) is 13.8. The SMILES string of the molecule is Cc1ccc(/C=C\c2c(C(=O)O)nn(-c3ccc(C)c(C)c3)c(=O)c2C#N)cc1. The summed E-state index contributed by atoms with van der Waals surface area (Å²) in [5.74, 6) is -1.32. The van der Waals surface area contributed by atoms with Gasteiger partial charge in [0.05, 0.1) is 5.69 Å². The Morgan fingerprint density at radius 1 is 1.07 bits per heavy atom. The molecule has 1 N–H and O–H groups in total. The third kappa shape index (κ3) is 3.99. The average molecular weight is 385 g/mol. The van der Waals surface area contributed by atoms with Gasteiger partial charge in [-0.15, -0.1) is 0 Å². The number of aromatic carboxylic acids is 1. The van der Waals surface area contributed by atoms with Gasteiger partial charge in [0.15, 0.2) is 5.69 Å². The van der Waals surface area contributed by atoms with E-state index in [-0.39, 0.29) is 16.8 Å². The standard InChI is InChI=1S/C23H19N3O3/c1-14-4-7-17(8-5-14)9-11-19-20(13-24)22(27)26(25-21(19)23(28)29)18-10-6-15(2)16(3)12-18/h4-12H,1-3H3,(H,28,29)/b11-9-. The van der Waals surface area contributed by atoms with E-state index in [1.54, 1.807) is 18.2 Å².